The van der Waals surface area contributed by atoms with Gasteiger partial charge in [0, 0.05) is 6.54 Å². The van der Waals surface area contributed by atoms with Crippen molar-refractivity contribution in [3.05, 3.63) is 28.4 Å². The largest absolute Gasteiger partial charge is 0.484 e. The third-order valence-corrected chi connectivity index (χ3v) is 2.48. The molecule has 6 nitrogen and oxygen atoms in total. The van der Waals surface area contributed by atoms with Gasteiger partial charge in [-0.1, -0.05) is 13.8 Å². The summed E-state index contributed by atoms with van der Waals surface area (Å²) in [5, 5.41) is 10.7. The molecule has 0 saturated heterocycles. The molecular weight excluding hydrogens is 222 g/mol. The van der Waals surface area contributed by atoms with Crippen LogP contribution in [0.5, 0.6) is 5.75 Å². The van der Waals surface area contributed by atoms with Crippen LogP contribution in [0.1, 0.15) is 13.8 Å². The van der Waals surface area contributed by atoms with Gasteiger partial charge < -0.3 is 19.8 Å². The topological polar surface area (TPSA) is 68.5 Å². The van der Waals surface area contributed by atoms with Crippen LogP contribution in [-0.4, -0.2) is 41.0 Å². The molecule has 0 atom stereocenters. The van der Waals surface area contributed by atoms with Crippen LogP contribution in [0.15, 0.2) is 18.3 Å². The number of hydrogen-bond donors (Lipinski definition) is 0. The molecular formula is C11H17N3O3. The van der Waals surface area contributed by atoms with Crippen LogP contribution in [-0.2, 0) is 0 Å². The minimum Gasteiger partial charge on any atom is -0.484 e. The lowest BCUT2D eigenvalue weighted by molar-refractivity contribution is -0.390. The molecule has 17 heavy (non-hydrogen) atoms. The Labute approximate surface area is 100 Å². The monoisotopic (exact) mass is 239 g/mol. The summed E-state index contributed by atoms with van der Waals surface area (Å²) in [5.74, 6) is -0.00305. The summed E-state index contributed by atoms with van der Waals surface area (Å²) >= 11 is 0. The van der Waals surface area contributed by atoms with Crippen LogP contribution < -0.4 is 4.74 Å². The van der Waals surface area contributed by atoms with Crippen molar-refractivity contribution >= 4 is 5.82 Å². The quantitative estimate of drug-likeness (QED) is 0.535. The Kier molecular flexibility index (Phi) is 5.35. The fourth-order valence-electron chi connectivity index (χ4n) is 1.46. The van der Waals surface area contributed by atoms with Crippen LogP contribution >= 0.6 is 0 Å². The summed E-state index contributed by atoms with van der Waals surface area (Å²) in [6, 6.07) is 3.19. The lowest BCUT2D eigenvalue weighted by atomic mass is 10.4. The molecule has 0 fully saturated rings. The first kappa shape index (κ1) is 13.4. The van der Waals surface area contributed by atoms with Gasteiger partial charge in [0.05, 0.1) is 0 Å². The minimum absolute atomic E-state index is 0.227. The summed E-state index contributed by atoms with van der Waals surface area (Å²) in [5.41, 5.74) is 0. The van der Waals surface area contributed by atoms with Gasteiger partial charge in [-0.25, -0.2) is 0 Å². The zero-order valence-electron chi connectivity index (χ0n) is 10.1. The molecule has 0 saturated carbocycles. The first-order valence-corrected chi connectivity index (χ1v) is 5.63. The highest BCUT2D eigenvalue weighted by Gasteiger charge is 2.15. The summed E-state index contributed by atoms with van der Waals surface area (Å²) in [4.78, 5) is 16.0. The molecule has 0 amide bonds. The van der Waals surface area contributed by atoms with Gasteiger partial charge in [0.15, 0.2) is 0 Å². The van der Waals surface area contributed by atoms with Crippen LogP contribution in [0.2, 0.25) is 0 Å². The number of nitrogens with zero attached hydrogens (tertiary/aromatic N) is 3. The molecule has 1 aromatic rings. The zero-order valence-corrected chi connectivity index (χ0v) is 10.1. The van der Waals surface area contributed by atoms with Crippen LogP contribution in [0, 0.1) is 10.1 Å². The SMILES string of the molecule is CCN(CC)CCOc1cccnc1[N+](=O)[O-]. The maximum Gasteiger partial charge on any atom is 0.406 e. The van der Waals surface area contributed by atoms with Crippen molar-refractivity contribution in [2.75, 3.05) is 26.2 Å². The Morgan fingerprint density at radius 1 is 1.47 bits per heavy atom. The van der Waals surface area contributed by atoms with Gasteiger partial charge in [0.2, 0.25) is 5.75 Å². The average molecular weight is 239 g/mol. The average Bonchev–Trinajstić information content (AvgIpc) is 2.35. The van der Waals surface area contributed by atoms with E-state index in [9.17, 15) is 10.1 Å². The molecule has 0 N–H and O–H groups in total. The lowest BCUT2D eigenvalue weighted by Gasteiger charge is -2.17. The zero-order chi connectivity index (χ0) is 12.7. The van der Waals surface area contributed by atoms with Gasteiger partial charge in [-0.05, 0) is 35.1 Å². The summed E-state index contributed by atoms with van der Waals surface area (Å²) < 4.78 is 5.39. The highest BCUT2D eigenvalue weighted by Crippen LogP contribution is 2.22. The number of nitro groups is 1. The van der Waals surface area contributed by atoms with E-state index in [1.807, 2.05) is 0 Å². The second-order valence-corrected chi connectivity index (χ2v) is 3.46. The highest BCUT2D eigenvalue weighted by atomic mass is 16.6. The van der Waals surface area contributed by atoms with Gasteiger partial charge >= 0.3 is 5.82 Å². The minimum atomic E-state index is -0.535. The van der Waals surface area contributed by atoms with E-state index in [1.165, 1.54) is 6.20 Å². The van der Waals surface area contributed by atoms with Gasteiger partial charge in [0.1, 0.15) is 12.8 Å². The van der Waals surface area contributed by atoms with E-state index in [-0.39, 0.29) is 11.6 Å². The van der Waals surface area contributed by atoms with Gasteiger partial charge in [-0.3, -0.25) is 0 Å². The third kappa shape index (κ3) is 3.99. The van der Waals surface area contributed by atoms with E-state index in [1.54, 1.807) is 12.1 Å². The molecule has 0 aliphatic heterocycles. The number of pyridine rings is 1. The molecule has 1 heterocycles. The van der Waals surface area contributed by atoms with E-state index in [0.29, 0.717) is 6.61 Å². The van der Waals surface area contributed by atoms with Crippen molar-refractivity contribution in [3.63, 3.8) is 0 Å². The highest BCUT2D eigenvalue weighted by molar-refractivity contribution is 5.38. The number of ether oxygens (including phenoxy) is 1. The predicted molar refractivity (Wildman–Crippen MR) is 64.2 cm³/mol. The number of rotatable bonds is 7. The van der Waals surface area contributed by atoms with Crippen molar-refractivity contribution in [1.29, 1.82) is 0 Å². The molecule has 0 aromatic carbocycles. The molecule has 1 aromatic heterocycles. The van der Waals surface area contributed by atoms with Crippen molar-refractivity contribution < 1.29 is 9.66 Å². The van der Waals surface area contributed by atoms with E-state index < -0.39 is 4.92 Å². The Morgan fingerprint density at radius 2 is 2.18 bits per heavy atom. The Hall–Kier alpha value is -1.69. The summed E-state index contributed by atoms with van der Waals surface area (Å²) in [7, 11) is 0. The van der Waals surface area contributed by atoms with Crippen LogP contribution in [0.3, 0.4) is 0 Å². The molecule has 6 heteroatoms. The van der Waals surface area contributed by atoms with Crippen molar-refractivity contribution in [2.24, 2.45) is 0 Å². The molecule has 0 aliphatic rings. The molecule has 0 radical (unpaired) electrons. The predicted octanol–water partition coefficient (Wildman–Crippen LogP) is 1.71. The Bertz CT molecular complexity index is 367. The standard InChI is InChI=1S/C11H17N3O3/c1-3-13(4-2)8-9-17-10-6-5-7-12-11(10)14(15)16/h5-7H,3-4,8-9H2,1-2H3. The maximum absolute atomic E-state index is 10.7. The van der Waals surface area contributed by atoms with E-state index >= 15 is 0 Å². The smallest absolute Gasteiger partial charge is 0.406 e. The summed E-state index contributed by atoms with van der Waals surface area (Å²) in [6.45, 7) is 7.18. The van der Waals surface area contributed by atoms with Crippen molar-refractivity contribution in [3.8, 4) is 5.75 Å². The molecule has 94 valence electrons. The fourth-order valence-corrected chi connectivity index (χ4v) is 1.46. The normalized spacial score (nSPS) is 10.5. The second kappa shape index (κ2) is 6.80. The van der Waals surface area contributed by atoms with Crippen molar-refractivity contribution in [2.45, 2.75) is 13.8 Å². The molecule has 0 aliphatic carbocycles. The Morgan fingerprint density at radius 3 is 2.76 bits per heavy atom. The first-order chi connectivity index (χ1) is 8.19. The number of aromatic nitrogens is 1. The van der Waals surface area contributed by atoms with Gasteiger partial charge in [-0.2, -0.15) is 0 Å². The Balaban J connectivity index is 2.54. The molecule has 1 rings (SSSR count). The van der Waals surface area contributed by atoms with Crippen LogP contribution in [0.4, 0.5) is 5.82 Å². The number of likely N-dealkylation sites (N-methyl/N-ethyl adjacent to an activating group) is 1. The van der Waals surface area contributed by atoms with E-state index in [2.05, 4.69) is 23.7 Å². The number of hydrogen-bond acceptors (Lipinski definition) is 5. The van der Waals surface area contributed by atoms with Crippen LogP contribution in [0.25, 0.3) is 0 Å². The molecule has 0 spiro atoms. The maximum atomic E-state index is 10.7. The van der Waals surface area contributed by atoms with Gasteiger partial charge in [-0.15, -0.1) is 0 Å². The van der Waals surface area contributed by atoms with E-state index in [0.717, 1.165) is 19.6 Å². The first-order valence-electron chi connectivity index (χ1n) is 5.63. The summed E-state index contributed by atoms with van der Waals surface area (Å²) in [6.07, 6.45) is 1.38. The van der Waals surface area contributed by atoms with Gasteiger partial charge in [0.25, 0.3) is 0 Å². The third-order valence-electron chi connectivity index (χ3n) is 2.48. The second-order valence-electron chi connectivity index (χ2n) is 3.46. The lowest BCUT2D eigenvalue weighted by Crippen LogP contribution is -2.28. The van der Waals surface area contributed by atoms with Crippen molar-refractivity contribution in [1.82, 2.24) is 9.88 Å². The van der Waals surface area contributed by atoms with E-state index in [4.69, 9.17) is 4.74 Å². The molecule has 0 unspecified atom stereocenters. The fraction of sp³-hybridized carbons (Fsp3) is 0.545. The molecule has 0 bridgehead atoms.